The number of carbonyl (C=O) groups excluding carboxylic acids is 2. The number of amides is 2. The molecule has 5 nitrogen and oxygen atoms in total. The van der Waals surface area contributed by atoms with Crippen LogP contribution >= 0.6 is 24.0 Å². The zero-order chi connectivity index (χ0) is 20.1. The third kappa shape index (κ3) is 4.98. The number of hydrogen-bond acceptors (Lipinski definition) is 5. The number of carbonyl (C=O) groups is 2. The van der Waals surface area contributed by atoms with Crippen LogP contribution in [0.4, 0.5) is 4.39 Å². The summed E-state index contributed by atoms with van der Waals surface area (Å²) >= 11 is 6.51. The third-order valence-corrected chi connectivity index (χ3v) is 6.38. The highest BCUT2D eigenvalue weighted by Gasteiger charge is 2.33. The number of thioether (sulfide) groups is 1. The smallest absolute Gasteiger partial charge is 0.266 e. The summed E-state index contributed by atoms with van der Waals surface area (Å²) in [6.45, 7) is 1.01. The lowest BCUT2D eigenvalue weighted by molar-refractivity contribution is -0.135. The van der Waals surface area contributed by atoms with Gasteiger partial charge in [-0.25, -0.2) is 4.39 Å². The summed E-state index contributed by atoms with van der Waals surface area (Å²) in [4.78, 5) is 29.1. The molecular formula is C20H23FN2O3S2. The van der Waals surface area contributed by atoms with Crippen LogP contribution in [-0.2, 0) is 9.59 Å². The van der Waals surface area contributed by atoms with Crippen LogP contribution in [0.3, 0.4) is 0 Å². The molecule has 1 atom stereocenters. The second-order valence-electron chi connectivity index (χ2n) is 6.88. The number of thiocarbonyl (C=S) groups is 1. The van der Waals surface area contributed by atoms with Crippen LogP contribution in [0.1, 0.15) is 37.7 Å². The summed E-state index contributed by atoms with van der Waals surface area (Å²) in [6.07, 6.45) is 5.42. The molecule has 8 heteroatoms. The molecule has 0 aromatic heterocycles. The van der Waals surface area contributed by atoms with Gasteiger partial charge in [-0.3, -0.25) is 14.5 Å². The molecule has 2 heterocycles. The summed E-state index contributed by atoms with van der Waals surface area (Å²) in [5.41, 5.74) is 0.720. The minimum absolute atomic E-state index is 0.00489. The van der Waals surface area contributed by atoms with Gasteiger partial charge in [-0.2, -0.15) is 0 Å². The van der Waals surface area contributed by atoms with Gasteiger partial charge in [0.2, 0.25) is 5.91 Å². The van der Waals surface area contributed by atoms with Crippen molar-refractivity contribution in [2.75, 3.05) is 19.7 Å². The monoisotopic (exact) mass is 422 g/mol. The van der Waals surface area contributed by atoms with Crippen molar-refractivity contribution < 1.29 is 19.1 Å². The van der Waals surface area contributed by atoms with E-state index in [1.165, 1.54) is 28.8 Å². The predicted octanol–water partition coefficient (Wildman–Crippen LogP) is 3.18. The average Bonchev–Trinajstić information content (AvgIpc) is 2.95. The lowest BCUT2D eigenvalue weighted by Crippen LogP contribution is -2.45. The molecule has 1 unspecified atom stereocenters. The van der Waals surface area contributed by atoms with Gasteiger partial charge in [-0.05, 0) is 49.5 Å². The first-order chi connectivity index (χ1) is 13.5. The molecule has 0 bridgehead atoms. The van der Waals surface area contributed by atoms with E-state index in [1.807, 2.05) is 4.90 Å². The molecule has 1 aromatic carbocycles. The van der Waals surface area contributed by atoms with Gasteiger partial charge in [-0.1, -0.05) is 36.1 Å². The zero-order valence-corrected chi connectivity index (χ0v) is 17.1. The van der Waals surface area contributed by atoms with E-state index in [9.17, 15) is 19.1 Å². The van der Waals surface area contributed by atoms with Crippen LogP contribution < -0.4 is 0 Å². The number of aliphatic hydroxyl groups is 1. The number of hydrogen-bond donors (Lipinski definition) is 1. The predicted molar refractivity (Wildman–Crippen MR) is 112 cm³/mol. The summed E-state index contributed by atoms with van der Waals surface area (Å²) in [5, 5.41) is 9.22. The van der Waals surface area contributed by atoms with Gasteiger partial charge in [0.15, 0.2) is 0 Å². The fourth-order valence-corrected chi connectivity index (χ4v) is 4.84. The molecule has 1 N–H and O–H groups in total. The van der Waals surface area contributed by atoms with Crippen LogP contribution in [-0.4, -0.2) is 56.8 Å². The highest BCUT2D eigenvalue weighted by Crippen LogP contribution is 2.33. The Morgan fingerprint density at radius 3 is 2.79 bits per heavy atom. The zero-order valence-electron chi connectivity index (χ0n) is 15.5. The molecule has 0 spiro atoms. The molecule has 2 amide bonds. The van der Waals surface area contributed by atoms with E-state index in [-0.39, 0.29) is 43.2 Å². The van der Waals surface area contributed by atoms with Gasteiger partial charge < -0.3 is 10.0 Å². The highest BCUT2D eigenvalue weighted by atomic mass is 32.2. The topological polar surface area (TPSA) is 60.9 Å². The number of halogens is 1. The van der Waals surface area contributed by atoms with E-state index in [4.69, 9.17) is 12.2 Å². The molecular weight excluding hydrogens is 399 g/mol. The van der Waals surface area contributed by atoms with Crippen molar-refractivity contribution in [1.29, 1.82) is 0 Å². The van der Waals surface area contributed by atoms with Gasteiger partial charge >= 0.3 is 0 Å². The number of rotatable bonds is 6. The number of nitrogens with zero attached hydrogens (tertiary/aromatic N) is 2. The van der Waals surface area contributed by atoms with Crippen molar-refractivity contribution in [3.63, 3.8) is 0 Å². The van der Waals surface area contributed by atoms with E-state index in [0.717, 1.165) is 24.8 Å². The highest BCUT2D eigenvalue weighted by molar-refractivity contribution is 8.26. The number of benzene rings is 1. The number of piperidine rings is 1. The summed E-state index contributed by atoms with van der Waals surface area (Å²) in [6, 6.07) is 5.96. The van der Waals surface area contributed by atoms with Gasteiger partial charge in [0, 0.05) is 32.2 Å². The SMILES string of the molecule is O=C1/C(=C\c2ccc(F)cc2)SC(=S)N1CCC(=O)N1CCCCC1CCO. The Hall–Kier alpha value is -1.77. The Kier molecular flexibility index (Phi) is 7.20. The summed E-state index contributed by atoms with van der Waals surface area (Å²) in [5.74, 6) is -0.562. The first-order valence-corrected chi connectivity index (χ1v) is 10.6. The molecule has 2 aliphatic heterocycles. The molecule has 2 fully saturated rings. The molecule has 3 rings (SSSR count). The third-order valence-electron chi connectivity index (χ3n) is 5.00. The van der Waals surface area contributed by atoms with Gasteiger partial charge in [0.05, 0.1) is 4.91 Å². The standard InChI is InChI=1S/C20H23FN2O3S2/c21-15-6-4-14(5-7-15)13-17-19(26)23(20(27)28-17)11-8-18(25)22-10-2-1-3-16(22)9-12-24/h4-7,13,16,24H,1-3,8-12H2/b17-13+. The molecule has 150 valence electrons. The lowest BCUT2D eigenvalue weighted by Gasteiger charge is -2.36. The van der Waals surface area contributed by atoms with E-state index in [2.05, 4.69) is 0 Å². The van der Waals surface area contributed by atoms with Crippen molar-refractivity contribution in [2.45, 2.75) is 38.1 Å². The maximum Gasteiger partial charge on any atom is 0.266 e. The molecule has 0 radical (unpaired) electrons. The number of aliphatic hydroxyl groups excluding tert-OH is 1. The molecule has 0 aliphatic carbocycles. The van der Waals surface area contributed by atoms with Crippen molar-refractivity contribution in [3.05, 3.63) is 40.6 Å². The van der Waals surface area contributed by atoms with Gasteiger partial charge in [-0.15, -0.1) is 0 Å². The Morgan fingerprint density at radius 2 is 2.07 bits per heavy atom. The van der Waals surface area contributed by atoms with E-state index in [0.29, 0.717) is 22.2 Å². The van der Waals surface area contributed by atoms with Crippen LogP contribution in [0.25, 0.3) is 6.08 Å². The van der Waals surface area contributed by atoms with E-state index in [1.54, 1.807) is 18.2 Å². The van der Waals surface area contributed by atoms with Crippen molar-refractivity contribution in [1.82, 2.24) is 9.80 Å². The minimum Gasteiger partial charge on any atom is -0.396 e. The first-order valence-electron chi connectivity index (χ1n) is 9.41. The fraction of sp³-hybridized carbons (Fsp3) is 0.450. The van der Waals surface area contributed by atoms with Crippen molar-refractivity contribution >= 4 is 46.2 Å². The van der Waals surface area contributed by atoms with Crippen LogP contribution in [0.5, 0.6) is 0 Å². The van der Waals surface area contributed by atoms with Crippen molar-refractivity contribution in [3.8, 4) is 0 Å². The largest absolute Gasteiger partial charge is 0.396 e. The van der Waals surface area contributed by atoms with E-state index < -0.39 is 0 Å². The Morgan fingerprint density at radius 1 is 1.32 bits per heavy atom. The molecule has 28 heavy (non-hydrogen) atoms. The maximum absolute atomic E-state index is 13.0. The van der Waals surface area contributed by atoms with Crippen LogP contribution in [0.15, 0.2) is 29.2 Å². The molecule has 0 saturated carbocycles. The normalized spacial score (nSPS) is 21.6. The molecule has 2 saturated heterocycles. The minimum atomic E-state index is -0.333. The fourth-order valence-electron chi connectivity index (χ4n) is 3.53. The number of likely N-dealkylation sites (tertiary alicyclic amines) is 1. The van der Waals surface area contributed by atoms with Gasteiger partial charge in [0.25, 0.3) is 5.91 Å². The quantitative estimate of drug-likeness (QED) is 0.564. The second-order valence-corrected chi connectivity index (χ2v) is 8.56. The van der Waals surface area contributed by atoms with E-state index >= 15 is 0 Å². The van der Waals surface area contributed by atoms with Gasteiger partial charge in [0.1, 0.15) is 10.1 Å². The maximum atomic E-state index is 13.0. The average molecular weight is 423 g/mol. The van der Waals surface area contributed by atoms with Crippen LogP contribution in [0.2, 0.25) is 0 Å². The van der Waals surface area contributed by atoms with Crippen LogP contribution in [0, 0.1) is 5.82 Å². The lowest BCUT2D eigenvalue weighted by atomic mass is 9.99. The molecule has 2 aliphatic rings. The van der Waals surface area contributed by atoms with Crippen molar-refractivity contribution in [2.24, 2.45) is 0 Å². The Labute approximate surface area is 173 Å². The molecule has 1 aromatic rings. The summed E-state index contributed by atoms with van der Waals surface area (Å²) < 4.78 is 13.5. The Balaban J connectivity index is 1.61. The first kappa shape index (κ1) is 21.0. The second kappa shape index (κ2) is 9.62. The summed E-state index contributed by atoms with van der Waals surface area (Å²) in [7, 11) is 0. The Bertz CT molecular complexity index is 780.